The molecule has 1 amide bonds. The minimum Gasteiger partial charge on any atom is -0.597 e. The van der Waals surface area contributed by atoms with E-state index in [1.54, 1.807) is 6.07 Å². The Bertz CT molecular complexity index is 1290. The maximum atomic E-state index is 13.5. The number of rotatable bonds is 7. The molecule has 2 unspecified atom stereocenters. The van der Waals surface area contributed by atoms with Crippen molar-refractivity contribution in [2.75, 3.05) is 13.4 Å². The van der Waals surface area contributed by atoms with Crippen molar-refractivity contribution >= 4 is 17.3 Å². The van der Waals surface area contributed by atoms with Crippen LogP contribution in [0.25, 0.3) is 11.3 Å². The number of hydrogen-bond donors (Lipinski definition) is 2. The normalized spacial score (nSPS) is 17.5. The number of pyridine rings is 1. The quantitative estimate of drug-likeness (QED) is 0.451. The predicted octanol–water partition coefficient (Wildman–Crippen LogP) is 4.11. The van der Waals surface area contributed by atoms with Gasteiger partial charge in [0.15, 0.2) is 11.5 Å². The number of carbonyl (C=O) groups excluding carboxylic acids is 1. The summed E-state index contributed by atoms with van der Waals surface area (Å²) < 4.78 is 25.7. The minimum absolute atomic E-state index is 0.0477. The fourth-order valence-electron chi connectivity index (χ4n) is 4.73. The monoisotopic (exact) mass is 521 g/mol. The van der Waals surface area contributed by atoms with Crippen molar-refractivity contribution in [3.8, 4) is 22.8 Å². The van der Waals surface area contributed by atoms with Crippen molar-refractivity contribution in [3.63, 3.8) is 0 Å². The lowest BCUT2D eigenvalue weighted by atomic mass is 9.96. The summed E-state index contributed by atoms with van der Waals surface area (Å²) in [6.45, 7) is 6.68. The molecule has 2 aliphatic heterocycles. The molecule has 9 heteroatoms. The summed E-state index contributed by atoms with van der Waals surface area (Å²) in [7, 11) is 0. The van der Waals surface area contributed by atoms with Crippen LogP contribution in [0.1, 0.15) is 60.4 Å². The third-order valence-electron chi connectivity index (χ3n) is 6.46. The van der Waals surface area contributed by atoms with Crippen molar-refractivity contribution in [2.45, 2.75) is 51.1 Å². The molecule has 2 N–H and O–H groups in total. The Kier molecular flexibility index (Phi) is 7.13. The summed E-state index contributed by atoms with van der Waals surface area (Å²) in [6, 6.07) is 16.8. The van der Waals surface area contributed by atoms with Crippen LogP contribution in [-0.4, -0.2) is 43.0 Å². The average molecular weight is 522 g/mol. The zero-order chi connectivity index (χ0) is 26.2. The number of nitrogens with one attached hydrogen (secondary N) is 1. The molecule has 194 valence electrons. The van der Waals surface area contributed by atoms with Crippen molar-refractivity contribution in [1.29, 1.82) is 0 Å². The van der Waals surface area contributed by atoms with Gasteiger partial charge in [-0.15, -0.1) is 4.31 Å². The van der Waals surface area contributed by atoms with E-state index < -0.39 is 16.1 Å². The van der Waals surface area contributed by atoms with Crippen molar-refractivity contribution in [3.05, 3.63) is 77.0 Å². The lowest BCUT2D eigenvalue weighted by Gasteiger charge is -2.33. The molecule has 1 aromatic heterocycles. The molecule has 3 heterocycles. The van der Waals surface area contributed by atoms with E-state index >= 15 is 0 Å². The van der Waals surface area contributed by atoms with Gasteiger partial charge >= 0.3 is 0 Å². The average Bonchev–Trinajstić information content (AvgIpc) is 3.50. The molecule has 37 heavy (non-hydrogen) atoms. The lowest BCUT2D eigenvalue weighted by molar-refractivity contribution is 0.0946. The summed E-state index contributed by atoms with van der Waals surface area (Å²) in [4.78, 5) is 18.1. The van der Waals surface area contributed by atoms with Crippen LogP contribution in [-0.2, 0) is 24.5 Å². The van der Waals surface area contributed by atoms with E-state index in [1.807, 2.05) is 73.6 Å². The molecule has 0 fully saturated rings. The van der Waals surface area contributed by atoms with Crippen LogP contribution in [0.15, 0.2) is 54.6 Å². The van der Waals surface area contributed by atoms with Gasteiger partial charge in [-0.25, -0.2) is 4.98 Å². The first-order valence-corrected chi connectivity index (χ1v) is 13.4. The molecule has 0 bridgehead atoms. The van der Waals surface area contributed by atoms with Gasteiger partial charge in [0.25, 0.3) is 5.91 Å². The fourth-order valence-corrected chi connectivity index (χ4v) is 6.13. The highest BCUT2D eigenvalue weighted by Gasteiger charge is 2.44. The second kappa shape index (κ2) is 10.3. The number of aliphatic hydroxyl groups is 1. The molecule has 2 atom stereocenters. The highest BCUT2D eigenvalue weighted by molar-refractivity contribution is 7.90. The molecule has 0 aliphatic carbocycles. The molecular formula is C28H31N3O5S. The lowest BCUT2D eigenvalue weighted by Crippen LogP contribution is -2.42. The number of ether oxygens (including phenoxy) is 2. The number of carbonyl (C=O) groups is 1. The van der Waals surface area contributed by atoms with E-state index in [0.29, 0.717) is 42.4 Å². The van der Waals surface area contributed by atoms with E-state index in [-0.39, 0.29) is 25.3 Å². The molecule has 8 nitrogen and oxygen atoms in total. The topological polar surface area (TPSA) is 107 Å². The maximum absolute atomic E-state index is 13.5. The molecule has 0 radical (unpaired) electrons. The summed E-state index contributed by atoms with van der Waals surface area (Å²) in [5.74, 6) is 1.06. The van der Waals surface area contributed by atoms with Crippen LogP contribution in [0.2, 0.25) is 0 Å². The smallest absolute Gasteiger partial charge is 0.270 e. The second-order valence-corrected chi connectivity index (χ2v) is 12.3. The molecule has 3 aromatic rings. The summed E-state index contributed by atoms with van der Waals surface area (Å²) in [6.07, 6.45) is 0.423. The van der Waals surface area contributed by atoms with Gasteiger partial charge < -0.3 is 24.4 Å². The van der Waals surface area contributed by atoms with E-state index in [2.05, 4.69) is 5.32 Å². The van der Waals surface area contributed by atoms with Crippen LogP contribution >= 0.6 is 0 Å². The van der Waals surface area contributed by atoms with Crippen molar-refractivity contribution in [2.24, 2.45) is 0 Å². The largest absolute Gasteiger partial charge is 0.597 e. The highest BCUT2D eigenvalue weighted by Crippen LogP contribution is 2.45. The number of aromatic nitrogens is 1. The van der Waals surface area contributed by atoms with Gasteiger partial charge in [-0.2, -0.15) is 0 Å². The van der Waals surface area contributed by atoms with Crippen molar-refractivity contribution in [1.82, 2.24) is 14.6 Å². The third-order valence-corrected chi connectivity index (χ3v) is 8.32. The number of hydrogen-bond acceptors (Lipinski definition) is 7. The van der Waals surface area contributed by atoms with Crippen LogP contribution in [0, 0.1) is 0 Å². The third kappa shape index (κ3) is 5.17. The van der Waals surface area contributed by atoms with Gasteiger partial charge in [-0.1, -0.05) is 36.4 Å². The first kappa shape index (κ1) is 25.5. The molecule has 5 rings (SSSR count). The van der Waals surface area contributed by atoms with Crippen LogP contribution in [0.5, 0.6) is 11.5 Å². The first-order valence-electron chi connectivity index (χ1n) is 12.3. The van der Waals surface area contributed by atoms with Crippen LogP contribution in [0.4, 0.5) is 0 Å². The highest BCUT2D eigenvalue weighted by atomic mass is 32.2. The van der Waals surface area contributed by atoms with Gasteiger partial charge in [-0.3, -0.25) is 4.79 Å². The molecular weight excluding hydrogens is 490 g/mol. The number of aliphatic hydroxyl groups excluding tert-OH is 1. The molecule has 0 spiro atoms. The van der Waals surface area contributed by atoms with Gasteiger partial charge in [0.1, 0.15) is 10.4 Å². The fraction of sp³-hybridized carbons (Fsp3) is 0.357. The maximum Gasteiger partial charge on any atom is 0.270 e. The van der Waals surface area contributed by atoms with E-state index in [1.165, 1.54) is 0 Å². The molecule has 2 aromatic carbocycles. The summed E-state index contributed by atoms with van der Waals surface area (Å²) in [5, 5.41) is 12.8. The Hall–Kier alpha value is -3.11. The zero-order valence-electron chi connectivity index (χ0n) is 21.2. The van der Waals surface area contributed by atoms with Gasteiger partial charge in [0.2, 0.25) is 6.79 Å². The van der Waals surface area contributed by atoms with Crippen LogP contribution in [0.3, 0.4) is 0 Å². The Morgan fingerprint density at radius 2 is 1.92 bits per heavy atom. The number of amides is 1. The Morgan fingerprint density at radius 1 is 1.16 bits per heavy atom. The Morgan fingerprint density at radius 3 is 2.65 bits per heavy atom. The first-order chi connectivity index (χ1) is 17.8. The van der Waals surface area contributed by atoms with E-state index in [0.717, 1.165) is 22.3 Å². The molecule has 0 saturated heterocycles. The number of benzene rings is 2. The van der Waals surface area contributed by atoms with Gasteiger partial charge in [-0.05, 0) is 56.5 Å². The van der Waals surface area contributed by atoms with Gasteiger partial charge in [0.05, 0.1) is 18.3 Å². The summed E-state index contributed by atoms with van der Waals surface area (Å²) in [5.41, 5.74) is 4.55. The standard InChI is InChI=1S/C28H31N3O5S/c1-28(2,3)37(34)31-16-20-14-21(27(33)29-15-18-9-10-23-24(13-18)36-17-35-23)30-26(19-7-5-4-6-8-19)25(20)22(31)11-12-32/h4-10,13-14,22,32H,11-12,15-17H2,1-3H3,(H,29,33). The Labute approximate surface area is 219 Å². The zero-order valence-corrected chi connectivity index (χ0v) is 22.0. The summed E-state index contributed by atoms with van der Waals surface area (Å²) >= 11 is -1.31. The van der Waals surface area contributed by atoms with Crippen LogP contribution < -0.4 is 14.8 Å². The minimum atomic E-state index is -1.31. The SMILES string of the molecule is CC(C)(C)[S+]([O-])N1Cc2cc(C(=O)NCc3ccc4c(c3)OCO4)nc(-c3ccccc3)c2C1CCO. The van der Waals surface area contributed by atoms with E-state index in [9.17, 15) is 14.5 Å². The van der Waals surface area contributed by atoms with Gasteiger partial charge in [0, 0.05) is 35.6 Å². The molecule has 0 saturated carbocycles. The Balaban J connectivity index is 1.48. The predicted molar refractivity (Wildman–Crippen MR) is 141 cm³/mol. The second-order valence-electron chi connectivity index (χ2n) is 10.1. The number of nitrogens with zero attached hydrogens (tertiary/aromatic N) is 2. The van der Waals surface area contributed by atoms with Crippen molar-refractivity contribution < 1.29 is 23.9 Å². The molecule has 2 aliphatic rings. The van der Waals surface area contributed by atoms with E-state index in [4.69, 9.17) is 14.5 Å². The number of fused-ring (bicyclic) bond motifs is 2.